The zero-order chi connectivity index (χ0) is 23.6. The van der Waals surface area contributed by atoms with E-state index in [0.717, 1.165) is 4.88 Å². The first kappa shape index (κ1) is 23.9. The van der Waals surface area contributed by atoms with Crippen LogP contribution in [0.15, 0.2) is 52.7 Å². The number of alkyl halides is 6. The lowest BCUT2D eigenvalue weighted by Crippen LogP contribution is -2.29. The Morgan fingerprint density at radius 1 is 0.938 bits per heavy atom. The predicted octanol–water partition coefficient (Wildman–Crippen LogP) is 4.60. The van der Waals surface area contributed by atoms with Crippen molar-refractivity contribution in [1.82, 2.24) is 14.9 Å². The average molecular weight is 497 g/mol. The van der Waals surface area contributed by atoms with Crippen LogP contribution in [-0.2, 0) is 22.4 Å². The van der Waals surface area contributed by atoms with Gasteiger partial charge in [0, 0.05) is 12.6 Å². The summed E-state index contributed by atoms with van der Waals surface area (Å²) in [6.45, 7) is -0.731. The zero-order valence-electron chi connectivity index (χ0n) is 15.7. The number of nitrogens with zero attached hydrogens (tertiary/aromatic N) is 2. The van der Waals surface area contributed by atoms with Gasteiger partial charge < -0.3 is 4.74 Å². The number of rotatable bonds is 7. The topological polar surface area (TPSA) is 81.2 Å². The molecule has 1 aromatic carbocycles. The molecule has 3 aromatic rings. The van der Waals surface area contributed by atoms with E-state index in [2.05, 4.69) is 10.2 Å². The molecule has 0 aliphatic heterocycles. The van der Waals surface area contributed by atoms with Gasteiger partial charge in [0.05, 0.1) is 20.9 Å². The highest BCUT2D eigenvalue weighted by Gasteiger charge is 2.38. The van der Waals surface area contributed by atoms with E-state index in [0.29, 0.717) is 5.69 Å². The molecule has 0 atom stereocenters. The van der Waals surface area contributed by atoms with Crippen LogP contribution in [-0.4, -0.2) is 31.8 Å². The summed E-state index contributed by atoms with van der Waals surface area (Å²) in [6.07, 6.45) is -10.3. The van der Waals surface area contributed by atoms with Crippen LogP contribution in [0.4, 0.5) is 26.3 Å². The molecular formula is C18H13F6N3O3S2. The van der Waals surface area contributed by atoms with Crippen LogP contribution >= 0.6 is 11.3 Å². The van der Waals surface area contributed by atoms with Gasteiger partial charge in [-0.3, -0.25) is 0 Å². The minimum Gasteiger partial charge on any atom is -0.475 e. The van der Waals surface area contributed by atoms with Crippen LogP contribution in [0.3, 0.4) is 0 Å². The highest BCUT2D eigenvalue weighted by Crippen LogP contribution is 2.37. The van der Waals surface area contributed by atoms with Gasteiger partial charge in [0.1, 0.15) is 12.3 Å². The molecule has 6 nitrogen and oxygen atoms in total. The van der Waals surface area contributed by atoms with Gasteiger partial charge in [0.2, 0.25) is 15.9 Å². The van der Waals surface area contributed by atoms with Crippen LogP contribution < -0.4 is 9.46 Å². The van der Waals surface area contributed by atoms with E-state index in [1.54, 1.807) is 6.07 Å². The highest BCUT2D eigenvalue weighted by molar-refractivity contribution is 7.89. The summed E-state index contributed by atoms with van der Waals surface area (Å²) >= 11 is 1.45. The molecule has 1 N–H and O–H groups in total. The Hall–Kier alpha value is -2.71. The third kappa shape index (κ3) is 5.95. The molecule has 2 heterocycles. The monoisotopic (exact) mass is 497 g/mol. The standard InChI is InChI=1S/C18H13F6N3O3S2/c19-17(20,21)11-8-12(18(22,23)24)10-13(9-11)32(28,29)25-5-6-30-16-4-3-14(26-27-16)15-2-1-7-31-15/h1-4,7-10,25H,5-6H2. The fraction of sp³-hybridized carbons (Fsp3) is 0.222. The molecular weight excluding hydrogens is 484 g/mol. The number of halogens is 6. The van der Waals surface area contributed by atoms with Crippen molar-refractivity contribution < 1.29 is 39.5 Å². The number of ether oxygens (including phenoxy) is 1. The fourth-order valence-electron chi connectivity index (χ4n) is 2.45. The lowest BCUT2D eigenvalue weighted by atomic mass is 10.1. The summed E-state index contributed by atoms with van der Waals surface area (Å²) < 4.78 is 109. The van der Waals surface area contributed by atoms with Crippen LogP contribution in [0.5, 0.6) is 5.88 Å². The molecule has 0 fully saturated rings. The molecule has 0 unspecified atom stereocenters. The molecule has 0 aliphatic carbocycles. The van der Waals surface area contributed by atoms with Crippen molar-refractivity contribution in [3.8, 4) is 16.5 Å². The molecule has 2 aromatic heterocycles. The van der Waals surface area contributed by atoms with Crippen molar-refractivity contribution >= 4 is 21.4 Å². The molecule has 14 heteroatoms. The zero-order valence-corrected chi connectivity index (χ0v) is 17.4. The van der Waals surface area contributed by atoms with Crippen LogP contribution in [0.2, 0.25) is 0 Å². The van der Waals surface area contributed by atoms with E-state index in [9.17, 15) is 34.8 Å². The first-order chi connectivity index (χ1) is 14.9. The van der Waals surface area contributed by atoms with Gasteiger partial charge in [0.15, 0.2) is 0 Å². The first-order valence-corrected chi connectivity index (χ1v) is 11.0. The van der Waals surface area contributed by atoms with Crippen molar-refractivity contribution in [2.45, 2.75) is 17.2 Å². The van der Waals surface area contributed by atoms with Gasteiger partial charge in [-0.2, -0.15) is 26.3 Å². The van der Waals surface area contributed by atoms with E-state index < -0.39 is 44.9 Å². The number of thiophene rings is 1. The fourth-order valence-corrected chi connectivity index (χ4v) is 4.22. The number of sulfonamides is 1. The molecule has 0 spiro atoms. The third-order valence-corrected chi connectivity index (χ3v) is 6.26. The second-order valence-corrected chi connectivity index (χ2v) is 8.94. The second kappa shape index (κ2) is 9.03. The first-order valence-electron chi connectivity index (χ1n) is 8.66. The Morgan fingerprint density at radius 2 is 1.59 bits per heavy atom. The summed E-state index contributed by atoms with van der Waals surface area (Å²) in [6, 6.07) is 6.89. The van der Waals surface area contributed by atoms with Gasteiger partial charge in [-0.15, -0.1) is 21.5 Å². The minimum atomic E-state index is -5.16. The van der Waals surface area contributed by atoms with Crippen molar-refractivity contribution in [3.05, 3.63) is 59.0 Å². The Morgan fingerprint density at radius 3 is 2.09 bits per heavy atom. The predicted molar refractivity (Wildman–Crippen MR) is 102 cm³/mol. The summed E-state index contributed by atoms with van der Waals surface area (Å²) in [5.41, 5.74) is -2.87. The molecule has 0 bridgehead atoms. The van der Waals surface area contributed by atoms with Crippen LogP contribution in [0, 0.1) is 0 Å². The summed E-state index contributed by atoms with van der Waals surface area (Å²) in [5.74, 6) is 0.0583. The number of aromatic nitrogens is 2. The highest BCUT2D eigenvalue weighted by atomic mass is 32.2. The Labute approximate surface area is 181 Å². The van der Waals surface area contributed by atoms with Gasteiger partial charge in [-0.1, -0.05) is 6.07 Å². The normalized spacial score (nSPS) is 12.7. The number of nitrogens with one attached hydrogen (secondary N) is 1. The van der Waals surface area contributed by atoms with Crippen LogP contribution in [0.25, 0.3) is 10.6 Å². The van der Waals surface area contributed by atoms with E-state index in [4.69, 9.17) is 4.74 Å². The molecule has 32 heavy (non-hydrogen) atoms. The smallest absolute Gasteiger partial charge is 0.416 e. The van der Waals surface area contributed by atoms with Crippen molar-refractivity contribution in [3.63, 3.8) is 0 Å². The van der Waals surface area contributed by atoms with Crippen molar-refractivity contribution in [1.29, 1.82) is 0 Å². The Kier molecular flexibility index (Phi) is 6.76. The van der Waals surface area contributed by atoms with Crippen molar-refractivity contribution in [2.24, 2.45) is 0 Å². The molecule has 0 amide bonds. The summed E-state index contributed by atoms with van der Waals surface area (Å²) in [7, 11) is -4.68. The summed E-state index contributed by atoms with van der Waals surface area (Å²) in [4.78, 5) is -0.295. The Balaban J connectivity index is 1.66. The number of hydrogen-bond donors (Lipinski definition) is 1. The molecule has 172 valence electrons. The third-order valence-electron chi connectivity index (χ3n) is 3.93. The average Bonchev–Trinajstić information content (AvgIpc) is 3.25. The summed E-state index contributed by atoms with van der Waals surface area (Å²) in [5, 5.41) is 9.61. The molecule has 0 aliphatic rings. The maximum absolute atomic E-state index is 12.9. The second-order valence-electron chi connectivity index (χ2n) is 6.22. The maximum Gasteiger partial charge on any atom is 0.416 e. The Bertz CT molecular complexity index is 1130. The van der Waals surface area contributed by atoms with Crippen LogP contribution in [0.1, 0.15) is 11.1 Å². The largest absolute Gasteiger partial charge is 0.475 e. The van der Waals surface area contributed by atoms with E-state index in [-0.39, 0.29) is 30.7 Å². The van der Waals surface area contributed by atoms with E-state index in [1.165, 1.54) is 17.4 Å². The van der Waals surface area contributed by atoms with E-state index >= 15 is 0 Å². The number of hydrogen-bond acceptors (Lipinski definition) is 6. The number of benzene rings is 1. The van der Waals surface area contributed by atoms with Gasteiger partial charge in [-0.05, 0) is 35.7 Å². The maximum atomic E-state index is 12.9. The molecule has 0 radical (unpaired) electrons. The van der Waals surface area contributed by atoms with Gasteiger partial charge >= 0.3 is 12.4 Å². The SMILES string of the molecule is O=S(=O)(NCCOc1ccc(-c2cccs2)nn1)c1cc(C(F)(F)F)cc(C(F)(F)F)c1. The molecule has 3 rings (SSSR count). The minimum absolute atomic E-state index is 0.0583. The van der Waals surface area contributed by atoms with Gasteiger partial charge in [-0.25, -0.2) is 13.1 Å². The van der Waals surface area contributed by atoms with Gasteiger partial charge in [0.25, 0.3) is 0 Å². The molecule has 0 saturated heterocycles. The van der Waals surface area contributed by atoms with E-state index in [1.807, 2.05) is 22.2 Å². The quantitative estimate of drug-likeness (QED) is 0.381. The van der Waals surface area contributed by atoms with Crippen molar-refractivity contribution in [2.75, 3.05) is 13.2 Å². The lowest BCUT2D eigenvalue weighted by Gasteiger charge is -2.15. The lowest BCUT2D eigenvalue weighted by molar-refractivity contribution is -0.143. The molecule has 0 saturated carbocycles.